The fourth-order valence-corrected chi connectivity index (χ4v) is 1.97. The van der Waals surface area contributed by atoms with Gasteiger partial charge in [-0.2, -0.15) is 0 Å². The molecule has 1 aromatic heterocycles. The molecule has 0 radical (unpaired) electrons. The average molecular weight is 288 g/mol. The van der Waals surface area contributed by atoms with Crippen molar-refractivity contribution in [1.29, 1.82) is 0 Å². The van der Waals surface area contributed by atoms with Crippen molar-refractivity contribution < 1.29 is 14.8 Å². The Bertz CT molecular complexity index is 779. The van der Waals surface area contributed by atoms with Crippen molar-refractivity contribution in [3.05, 3.63) is 73.7 Å². The highest BCUT2D eigenvalue weighted by molar-refractivity contribution is 5.87. The second-order valence-corrected chi connectivity index (χ2v) is 4.55. The number of nitro groups is 1. The molecule has 1 N–H and O–H groups in total. The molecule has 2 rings (SSSR count). The lowest BCUT2D eigenvalue weighted by atomic mass is 10.1. The summed E-state index contributed by atoms with van der Waals surface area (Å²) in [6.07, 6.45) is 1.25. The second-order valence-electron chi connectivity index (χ2n) is 4.55. The molecular formula is C14H12N2O5. The maximum Gasteiger partial charge on any atom is 0.341 e. The monoisotopic (exact) mass is 288 g/mol. The second kappa shape index (κ2) is 5.58. The molecule has 0 aliphatic rings. The number of benzene rings is 1. The van der Waals surface area contributed by atoms with Gasteiger partial charge in [-0.15, -0.1) is 0 Å². The maximum absolute atomic E-state index is 11.5. The van der Waals surface area contributed by atoms with Crippen molar-refractivity contribution >= 4 is 11.7 Å². The molecule has 0 aliphatic carbocycles. The molecule has 0 unspecified atom stereocenters. The minimum absolute atomic E-state index is 0.0374. The minimum atomic E-state index is -1.30. The lowest BCUT2D eigenvalue weighted by Crippen LogP contribution is -2.19. The molecule has 7 nitrogen and oxygen atoms in total. The first kappa shape index (κ1) is 14.4. The number of hydrogen-bond donors (Lipinski definition) is 1. The number of nitro benzene ring substituents is 1. The van der Waals surface area contributed by atoms with E-state index < -0.39 is 16.3 Å². The summed E-state index contributed by atoms with van der Waals surface area (Å²) < 4.78 is 1.57. The zero-order valence-electron chi connectivity index (χ0n) is 11.1. The lowest BCUT2D eigenvalue weighted by molar-refractivity contribution is -0.384. The van der Waals surface area contributed by atoms with E-state index in [1.54, 1.807) is 23.6 Å². The number of hydrogen-bond acceptors (Lipinski definition) is 4. The third-order valence-corrected chi connectivity index (χ3v) is 3.05. The van der Waals surface area contributed by atoms with Gasteiger partial charge in [-0.1, -0.05) is 12.1 Å². The van der Waals surface area contributed by atoms with Crippen LogP contribution in [0.1, 0.15) is 21.6 Å². The molecule has 1 aromatic carbocycles. The number of carboxylic acids is 1. The molecule has 1 heterocycles. The first-order valence-electron chi connectivity index (χ1n) is 6.06. The Morgan fingerprint density at radius 3 is 2.71 bits per heavy atom. The Kier molecular flexibility index (Phi) is 3.84. The van der Waals surface area contributed by atoms with E-state index in [0.29, 0.717) is 11.3 Å². The lowest BCUT2D eigenvalue weighted by Gasteiger charge is -2.11. The van der Waals surface area contributed by atoms with Crippen molar-refractivity contribution in [2.45, 2.75) is 13.5 Å². The van der Waals surface area contributed by atoms with E-state index >= 15 is 0 Å². The normalized spacial score (nSPS) is 10.3. The number of nitrogens with zero attached hydrogens (tertiary/aromatic N) is 2. The van der Waals surface area contributed by atoms with Gasteiger partial charge < -0.3 is 9.67 Å². The first-order chi connectivity index (χ1) is 9.88. The smallest absolute Gasteiger partial charge is 0.341 e. The molecule has 0 spiro atoms. The highest BCUT2D eigenvalue weighted by atomic mass is 16.6. The van der Waals surface area contributed by atoms with Gasteiger partial charge in [0.1, 0.15) is 5.56 Å². The Hall–Kier alpha value is -2.96. The van der Waals surface area contributed by atoms with Crippen LogP contribution in [0.5, 0.6) is 0 Å². The predicted molar refractivity (Wildman–Crippen MR) is 74.6 cm³/mol. The van der Waals surface area contributed by atoms with Gasteiger partial charge in [0.25, 0.3) is 5.69 Å². The van der Waals surface area contributed by atoms with Crippen LogP contribution in [-0.2, 0) is 6.54 Å². The summed E-state index contributed by atoms with van der Waals surface area (Å²) in [5.74, 6) is -1.30. The molecule has 0 atom stereocenters. The predicted octanol–water partition coefficient (Wildman–Crippen LogP) is 1.81. The Labute approximate surface area is 119 Å². The molecular weight excluding hydrogens is 276 g/mol. The maximum atomic E-state index is 11.5. The summed E-state index contributed by atoms with van der Waals surface area (Å²) in [7, 11) is 0. The highest BCUT2D eigenvalue weighted by Crippen LogP contribution is 2.14. The standard InChI is InChI=1S/C14H12N2O5/c1-9-5-13(17)12(14(18)19)8-15(9)7-10-3-2-4-11(6-10)16(20)21/h2-6,8H,7H2,1H3,(H,18,19). The van der Waals surface area contributed by atoms with Crippen LogP contribution in [0.4, 0.5) is 5.69 Å². The van der Waals surface area contributed by atoms with Crippen LogP contribution in [-0.4, -0.2) is 20.6 Å². The number of rotatable bonds is 4. The van der Waals surface area contributed by atoms with Crippen LogP contribution in [0.3, 0.4) is 0 Å². The van der Waals surface area contributed by atoms with Crippen molar-refractivity contribution in [3.8, 4) is 0 Å². The number of non-ortho nitro benzene ring substituents is 1. The molecule has 108 valence electrons. The van der Waals surface area contributed by atoms with E-state index in [9.17, 15) is 19.7 Å². The zero-order valence-corrected chi connectivity index (χ0v) is 11.1. The van der Waals surface area contributed by atoms with Gasteiger partial charge in [0, 0.05) is 36.6 Å². The van der Waals surface area contributed by atoms with Gasteiger partial charge in [-0.3, -0.25) is 14.9 Å². The van der Waals surface area contributed by atoms with Crippen molar-refractivity contribution in [3.63, 3.8) is 0 Å². The molecule has 0 saturated heterocycles. The zero-order chi connectivity index (χ0) is 15.6. The van der Waals surface area contributed by atoms with Gasteiger partial charge in [-0.05, 0) is 12.5 Å². The van der Waals surface area contributed by atoms with Crippen molar-refractivity contribution in [2.75, 3.05) is 0 Å². The van der Waals surface area contributed by atoms with Gasteiger partial charge >= 0.3 is 5.97 Å². The Balaban J connectivity index is 2.42. The summed E-state index contributed by atoms with van der Waals surface area (Å²) in [6.45, 7) is 1.92. The van der Waals surface area contributed by atoms with Crippen LogP contribution in [0.25, 0.3) is 0 Å². The average Bonchev–Trinajstić information content (AvgIpc) is 2.41. The molecule has 0 bridgehead atoms. The van der Waals surface area contributed by atoms with Crippen LogP contribution in [0, 0.1) is 17.0 Å². The number of carbonyl (C=O) groups is 1. The number of aromatic carboxylic acids is 1. The quantitative estimate of drug-likeness (QED) is 0.682. The van der Waals surface area contributed by atoms with E-state index in [4.69, 9.17) is 5.11 Å². The number of aromatic nitrogens is 1. The fourth-order valence-electron chi connectivity index (χ4n) is 1.97. The molecule has 0 saturated carbocycles. The molecule has 21 heavy (non-hydrogen) atoms. The third-order valence-electron chi connectivity index (χ3n) is 3.05. The van der Waals surface area contributed by atoms with Crippen LogP contribution in [0.2, 0.25) is 0 Å². The SMILES string of the molecule is Cc1cc(=O)c(C(=O)O)cn1Cc1cccc([N+](=O)[O-])c1. The van der Waals surface area contributed by atoms with E-state index in [1.807, 2.05) is 0 Å². The molecule has 2 aromatic rings. The molecule has 0 amide bonds. The van der Waals surface area contributed by atoms with Crippen LogP contribution < -0.4 is 5.43 Å². The summed E-state index contributed by atoms with van der Waals surface area (Å²) in [5.41, 5.74) is 0.301. The molecule has 7 heteroatoms. The first-order valence-corrected chi connectivity index (χ1v) is 6.06. The number of carboxylic acid groups (broad SMARTS) is 1. The van der Waals surface area contributed by atoms with E-state index in [1.165, 1.54) is 24.4 Å². The van der Waals surface area contributed by atoms with Gasteiger partial charge in [0.2, 0.25) is 0 Å². The highest BCUT2D eigenvalue weighted by Gasteiger charge is 2.12. The van der Waals surface area contributed by atoms with Gasteiger partial charge in [0.15, 0.2) is 5.43 Å². The van der Waals surface area contributed by atoms with Crippen LogP contribution >= 0.6 is 0 Å². The fraction of sp³-hybridized carbons (Fsp3) is 0.143. The summed E-state index contributed by atoms with van der Waals surface area (Å²) in [4.78, 5) is 32.8. The minimum Gasteiger partial charge on any atom is -0.477 e. The topological polar surface area (TPSA) is 102 Å². The molecule has 0 aliphatic heterocycles. The number of pyridine rings is 1. The number of aryl methyl sites for hydroxylation is 1. The van der Waals surface area contributed by atoms with Gasteiger partial charge in [0.05, 0.1) is 4.92 Å². The summed E-state index contributed by atoms with van der Waals surface area (Å²) in [6, 6.07) is 7.29. The third kappa shape index (κ3) is 3.14. The summed E-state index contributed by atoms with van der Waals surface area (Å²) in [5, 5.41) is 19.7. The van der Waals surface area contributed by atoms with E-state index in [2.05, 4.69) is 0 Å². The van der Waals surface area contributed by atoms with Crippen molar-refractivity contribution in [2.24, 2.45) is 0 Å². The van der Waals surface area contributed by atoms with E-state index in [0.717, 1.165) is 0 Å². The summed E-state index contributed by atoms with van der Waals surface area (Å²) >= 11 is 0. The largest absolute Gasteiger partial charge is 0.477 e. The Morgan fingerprint density at radius 2 is 2.10 bits per heavy atom. The van der Waals surface area contributed by atoms with Gasteiger partial charge in [-0.25, -0.2) is 4.79 Å². The van der Waals surface area contributed by atoms with E-state index in [-0.39, 0.29) is 17.8 Å². The Morgan fingerprint density at radius 1 is 1.38 bits per heavy atom. The van der Waals surface area contributed by atoms with Crippen LogP contribution in [0.15, 0.2) is 41.3 Å². The molecule has 0 fully saturated rings. The van der Waals surface area contributed by atoms with Crippen molar-refractivity contribution in [1.82, 2.24) is 4.57 Å².